The predicted molar refractivity (Wildman–Crippen MR) is 85.1 cm³/mol. The molecule has 0 aliphatic heterocycles. The fourth-order valence-corrected chi connectivity index (χ4v) is 1.94. The van der Waals surface area contributed by atoms with Crippen molar-refractivity contribution in [3.8, 4) is 11.5 Å². The number of aliphatic carboxylic acids is 1. The third-order valence-corrected chi connectivity index (χ3v) is 3.15. The predicted octanol–water partition coefficient (Wildman–Crippen LogP) is 3.76. The molecule has 0 aliphatic carbocycles. The van der Waals surface area contributed by atoms with Crippen LogP contribution in [0.1, 0.15) is 18.1 Å². The lowest BCUT2D eigenvalue weighted by molar-refractivity contribution is -0.132. The minimum atomic E-state index is -0.942. The molecule has 0 fully saturated rings. The van der Waals surface area contributed by atoms with Crippen LogP contribution >= 0.6 is 0 Å². The van der Waals surface area contributed by atoms with Crippen LogP contribution in [0.15, 0.2) is 54.1 Å². The third kappa shape index (κ3) is 4.12. The highest BCUT2D eigenvalue weighted by Gasteiger charge is 2.07. The van der Waals surface area contributed by atoms with Gasteiger partial charge in [-0.05, 0) is 36.3 Å². The minimum Gasteiger partial charge on any atom is -0.493 e. The number of rotatable bonds is 6. The van der Waals surface area contributed by atoms with E-state index in [-0.39, 0.29) is 5.57 Å². The standard InChI is InChI=1S/C18H18O4/c1-13(18(19)20)10-15-8-9-16(21-2)17(11-15)22-12-14-6-4-3-5-7-14/h3-11H,12H2,1-2H3,(H,19,20)/b13-10+. The van der Waals surface area contributed by atoms with Crippen LogP contribution in [-0.2, 0) is 11.4 Å². The quantitative estimate of drug-likeness (QED) is 0.825. The highest BCUT2D eigenvalue weighted by atomic mass is 16.5. The molecule has 2 aromatic rings. The van der Waals surface area contributed by atoms with Gasteiger partial charge in [0.1, 0.15) is 6.61 Å². The molecular weight excluding hydrogens is 280 g/mol. The van der Waals surface area contributed by atoms with Gasteiger partial charge in [0.05, 0.1) is 7.11 Å². The van der Waals surface area contributed by atoms with Gasteiger partial charge in [0.15, 0.2) is 11.5 Å². The van der Waals surface area contributed by atoms with Crippen molar-refractivity contribution in [2.75, 3.05) is 7.11 Å². The number of hydrogen-bond donors (Lipinski definition) is 1. The molecule has 0 spiro atoms. The van der Waals surface area contributed by atoms with Crippen molar-refractivity contribution in [2.45, 2.75) is 13.5 Å². The molecule has 0 bridgehead atoms. The number of benzene rings is 2. The summed E-state index contributed by atoms with van der Waals surface area (Å²) in [5, 5.41) is 8.94. The summed E-state index contributed by atoms with van der Waals surface area (Å²) < 4.78 is 11.1. The van der Waals surface area contributed by atoms with E-state index in [9.17, 15) is 4.79 Å². The molecule has 1 N–H and O–H groups in total. The van der Waals surface area contributed by atoms with E-state index in [2.05, 4.69) is 0 Å². The molecule has 114 valence electrons. The normalized spacial score (nSPS) is 11.1. The third-order valence-electron chi connectivity index (χ3n) is 3.15. The van der Waals surface area contributed by atoms with Crippen molar-refractivity contribution in [3.63, 3.8) is 0 Å². The number of carboxylic acid groups (broad SMARTS) is 1. The molecule has 4 nitrogen and oxygen atoms in total. The maximum atomic E-state index is 10.9. The van der Waals surface area contributed by atoms with Crippen molar-refractivity contribution in [2.24, 2.45) is 0 Å². The van der Waals surface area contributed by atoms with Gasteiger partial charge in [0.2, 0.25) is 0 Å². The van der Waals surface area contributed by atoms with Crippen LogP contribution in [0.3, 0.4) is 0 Å². The maximum absolute atomic E-state index is 10.9. The first-order valence-electron chi connectivity index (χ1n) is 6.86. The first-order valence-corrected chi connectivity index (χ1v) is 6.86. The molecular formula is C18H18O4. The van der Waals surface area contributed by atoms with Gasteiger partial charge in [-0.25, -0.2) is 4.79 Å². The first-order chi connectivity index (χ1) is 10.6. The molecule has 0 saturated carbocycles. The molecule has 0 saturated heterocycles. The number of carboxylic acids is 1. The van der Waals surface area contributed by atoms with Crippen LogP contribution in [0.25, 0.3) is 6.08 Å². The van der Waals surface area contributed by atoms with Gasteiger partial charge in [-0.1, -0.05) is 36.4 Å². The Morgan fingerprint density at radius 1 is 1.14 bits per heavy atom. The molecule has 4 heteroatoms. The maximum Gasteiger partial charge on any atom is 0.331 e. The monoisotopic (exact) mass is 298 g/mol. The SMILES string of the molecule is COc1ccc(/C=C(\C)C(=O)O)cc1OCc1ccccc1. The lowest BCUT2D eigenvalue weighted by Crippen LogP contribution is -1.98. The molecule has 0 atom stereocenters. The second kappa shape index (κ2) is 7.31. The second-order valence-electron chi connectivity index (χ2n) is 4.82. The van der Waals surface area contributed by atoms with E-state index in [0.29, 0.717) is 18.1 Å². The fraction of sp³-hybridized carbons (Fsp3) is 0.167. The summed E-state index contributed by atoms with van der Waals surface area (Å²) in [6, 6.07) is 15.1. The largest absolute Gasteiger partial charge is 0.493 e. The zero-order chi connectivity index (χ0) is 15.9. The fourth-order valence-electron chi connectivity index (χ4n) is 1.94. The molecule has 2 aromatic carbocycles. The Labute approximate surface area is 129 Å². The molecule has 0 heterocycles. The van der Waals surface area contributed by atoms with E-state index in [1.165, 1.54) is 0 Å². The average molecular weight is 298 g/mol. The van der Waals surface area contributed by atoms with Gasteiger partial charge in [0.25, 0.3) is 0 Å². The minimum absolute atomic E-state index is 0.263. The van der Waals surface area contributed by atoms with E-state index in [0.717, 1.165) is 11.1 Å². The summed E-state index contributed by atoms with van der Waals surface area (Å²) in [7, 11) is 1.57. The molecule has 0 unspecified atom stereocenters. The number of carbonyl (C=O) groups is 1. The Morgan fingerprint density at radius 3 is 2.50 bits per heavy atom. The van der Waals surface area contributed by atoms with Crippen molar-refractivity contribution in [1.82, 2.24) is 0 Å². The zero-order valence-electron chi connectivity index (χ0n) is 12.6. The summed E-state index contributed by atoms with van der Waals surface area (Å²) >= 11 is 0. The Morgan fingerprint density at radius 2 is 1.86 bits per heavy atom. The van der Waals surface area contributed by atoms with Crippen LogP contribution in [0.4, 0.5) is 0 Å². The Balaban J connectivity index is 2.21. The van der Waals surface area contributed by atoms with E-state index in [4.69, 9.17) is 14.6 Å². The Kier molecular flexibility index (Phi) is 5.20. The van der Waals surface area contributed by atoms with Crippen LogP contribution in [0.5, 0.6) is 11.5 Å². The summed E-state index contributed by atoms with van der Waals surface area (Å²) in [6.45, 7) is 1.97. The second-order valence-corrected chi connectivity index (χ2v) is 4.82. The molecule has 2 rings (SSSR count). The van der Waals surface area contributed by atoms with Crippen molar-refractivity contribution >= 4 is 12.0 Å². The lowest BCUT2D eigenvalue weighted by atomic mass is 10.1. The molecule has 0 amide bonds. The van der Waals surface area contributed by atoms with E-state index < -0.39 is 5.97 Å². The van der Waals surface area contributed by atoms with Gasteiger partial charge in [0, 0.05) is 5.57 Å². The Hall–Kier alpha value is -2.75. The number of hydrogen-bond acceptors (Lipinski definition) is 3. The summed E-state index contributed by atoms with van der Waals surface area (Å²) in [6.07, 6.45) is 1.59. The lowest BCUT2D eigenvalue weighted by Gasteiger charge is -2.11. The van der Waals surface area contributed by atoms with Gasteiger partial charge in [-0.3, -0.25) is 0 Å². The van der Waals surface area contributed by atoms with Gasteiger partial charge >= 0.3 is 5.97 Å². The van der Waals surface area contributed by atoms with Gasteiger partial charge in [-0.2, -0.15) is 0 Å². The van der Waals surface area contributed by atoms with E-state index in [1.807, 2.05) is 30.3 Å². The highest BCUT2D eigenvalue weighted by Crippen LogP contribution is 2.29. The van der Waals surface area contributed by atoms with Crippen LogP contribution in [0.2, 0.25) is 0 Å². The summed E-state index contributed by atoms with van der Waals surface area (Å²) in [5.41, 5.74) is 2.06. The molecule has 0 aliphatic rings. The van der Waals surface area contributed by atoms with Crippen molar-refractivity contribution < 1.29 is 19.4 Å². The van der Waals surface area contributed by atoms with E-state index >= 15 is 0 Å². The highest BCUT2D eigenvalue weighted by molar-refractivity contribution is 5.91. The first kappa shape index (κ1) is 15.6. The van der Waals surface area contributed by atoms with Crippen molar-refractivity contribution in [1.29, 1.82) is 0 Å². The molecule has 0 aromatic heterocycles. The van der Waals surface area contributed by atoms with Crippen molar-refractivity contribution in [3.05, 3.63) is 65.2 Å². The average Bonchev–Trinajstić information content (AvgIpc) is 2.54. The Bertz CT molecular complexity index is 675. The number of methoxy groups -OCH3 is 1. The van der Waals surface area contributed by atoms with Crippen LogP contribution in [0, 0.1) is 0 Å². The van der Waals surface area contributed by atoms with Gasteiger partial charge in [-0.15, -0.1) is 0 Å². The zero-order valence-corrected chi connectivity index (χ0v) is 12.6. The summed E-state index contributed by atoms with van der Waals surface area (Å²) in [5.74, 6) is 0.252. The summed E-state index contributed by atoms with van der Waals surface area (Å²) in [4.78, 5) is 10.9. The van der Waals surface area contributed by atoms with E-state index in [1.54, 1.807) is 38.3 Å². The molecule has 22 heavy (non-hydrogen) atoms. The molecule has 0 radical (unpaired) electrons. The smallest absolute Gasteiger partial charge is 0.331 e. The van der Waals surface area contributed by atoms with Crippen LogP contribution < -0.4 is 9.47 Å². The van der Waals surface area contributed by atoms with Gasteiger partial charge < -0.3 is 14.6 Å². The van der Waals surface area contributed by atoms with Crippen LogP contribution in [-0.4, -0.2) is 18.2 Å². The topological polar surface area (TPSA) is 55.8 Å². The number of ether oxygens (including phenoxy) is 2.